The third-order valence-electron chi connectivity index (χ3n) is 6.84. The van der Waals surface area contributed by atoms with E-state index in [1.54, 1.807) is 22.7 Å². The van der Waals surface area contributed by atoms with E-state index in [9.17, 15) is 0 Å². The predicted octanol–water partition coefficient (Wildman–Crippen LogP) is 8.13. The second-order valence-electron chi connectivity index (χ2n) is 10.3. The van der Waals surface area contributed by atoms with Gasteiger partial charge in [0.2, 0.25) is 5.69 Å². The smallest absolute Gasteiger partial charge is 0.220 e. The Morgan fingerprint density at radius 3 is 2.29 bits per heavy atom. The van der Waals surface area contributed by atoms with Crippen LogP contribution < -0.4 is 4.57 Å². The van der Waals surface area contributed by atoms with Crippen molar-refractivity contribution in [3.05, 3.63) is 76.9 Å². The number of fused-ring (bicyclic) bond motifs is 3. The van der Waals surface area contributed by atoms with E-state index >= 15 is 0 Å². The van der Waals surface area contributed by atoms with Crippen molar-refractivity contribution in [2.75, 3.05) is 0 Å². The van der Waals surface area contributed by atoms with Crippen molar-refractivity contribution in [1.82, 2.24) is 9.97 Å². The molecule has 0 radical (unpaired) electrons. The second kappa shape index (κ2) is 7.94. The maximum absolute atomic E-state index is 4.86. The van der Waals surface area contributed by atoms with Crippen LogP contribution in [0.3, 0.4) is 0 Å². The Labute approximate surface area is 213 Å². The summed E-state index contributed by atoms with van der Waals surface area (Å²) in [5.41, 5.74) is 6.44. The van der Waals surface area contributed by atoms with Gasteiger partial charge in [-0.1, -0.05) is 73.8 Å². The van der Waals surface area contributed by atoms with E-state index in [1.165, 1.54) is 43.9 Å². The molecule has 0 saturated heterocycles. The zero-order valence-corrected chi connectivity index (χ0v) is 22.6. The lowest BCUT2D eigenvalue weighted by Gasteiger charge is -2.24. The summed E-state index contributed by atoms with van der Waals surface area (Å²) in [4.78, 5) is 11.5. The average molecular weight is 495 g/mol. The van der Waals surface area contributed by atoms with Crippen molar-refractivity contribution in [2.24, 2.45) is 7.05 Å². The van der Waals surface area contributed by atoms with Crippen molar-refractivity contribution in [3.63, 3.8) is 0 Å². The number of nitrogens with zero attached hydrogens (tertiary/aromatic N) is 3. The number of rotatable bonds is 2. The minimum Gasteiger partial charge on any atom is -0.229 e. The molecule has 5 heteroatoms. The van der Waals surface area contributed by atoms with Crippen molar-refractivity contribution >= 4 is 53.9 Å². The van der Waals surface area contributed by atoms with Gasteiger partial charge >= 0.3 is 0 Å². The zero-order chi connectivity index (χ0) is 24.5. The van der Waals surface area contributed by atoms with Crippen molar-refractivity contribution < 1.29 is 4.57 Å². The topological polar surface area (TPSA) is 29.7 Å². The van der Waals surface area contributed by atoms with Gasteiger partial charge in [-0.25, -0.2) is 14.5 Å². The van der Waals surface area contributed by atoms with Gasteiger partial charge in [0.25, 0.3) is 0 Å². The first-order chi connectivity index (χ1) is 16.7. The van der Waals surface area contributed by atoms with Gasteiger partial charge in [0.15, 0.2) is 15.9 Å². The van der Waals surface area contributed by atoms with Crippen molar-refractivity contribution in [1.29, 1.82) is 0 Å². The molecule has 174 valence electrons. The maximum Gasteiger partial charge on any atom is 0.220 e. The highest BCUT2D eigenvalue weighted by Gasteiger charge is 2.24. The Kier molecular flexibility index (Phi) is 5.06. The Morgan fingerprint density at radius 2 is 1.54 bits per heavy atom. The summed E-state index contributed by atoms with van der Waals surface area (Å²) < 4.78 is 2.26. The molecular formula is C30H28N3S2+. The molecule has 35 heavy (non-hydrogen) atoms. The van der Waals surface area contributed by atoms with Crippen LogP contribution in [0, 0.1) is 13.8 Å². The van der Waals surface area contributed by atoms with Crippen LogP contribution in [0.15, 0.2) is 60.8 Å². The van der Waals surface area contributed by atoms with Gasteiger partial charge in [0, 0.05) is 11.6 Å². The molecule has 6 aromatic rings. The monoisotopic (exact) mass is 494 g/mol. The number of thiazole rings is 2. The second-order valence-corrected chi connectivity index (χ2v) is 12.5. The van der Waals surface area contributed by atoms with Gasteiger partial charge in [0.05, 0.1) is 16.0 Å². The summed E-state index contributed by atoms with van der Waals surface area (Å²) in [6.45, 7) is 11.2. The van der Waals surface area contributed by atoms with E-state index in [0.29, 0.717) is 0 Å². The molecule has 3 aromatic carbocycles. The Morgan fingerprint density at radius 1 is 0.800 bits per heavy atom. The fourth-order valence-electron chi connectivity index (χ4n) is 5.09. The Bertz CT molecular complexity index is 1740. The molecule has 0 saturated carbocycles. The van der Waals surface area contributed by atoms with Gasteiger partial charge in [-0.3, -0.25) is 0 Å². The molecule has 3 nitrogen and oxygen atoms in total. The maximum atomic E-state index is 4.86. The largest absolute Gasteiger partial charge is 0.229 e. The third-order valence-corrected chi connectivity index (χ3v) is 8.84. The van der Waals surface area contributed by atoms with E-state index < -0.39 is 0 Å². The number of aryl methyl sites for hydroxylation is 3. The molecule has 0 aliphatic heterocycles. The number of aromatic nitrogens is 3. The summed E-state index contributed by atoms with van der Waals surface area (Å²) >= 11 is 3.34. The molecule has 0 aliphatic rings. The normalized spacial score (nSPS) is 12.3. The summed E-state index contributed by atoms with van der Waals surface area (Å²) in [5.74, 6) is 0. The van der Waals surface area contributed by atoms with Gasteiger partial charge < -0.3 is 0 Å². The van der Waals surface area contributed by atoms with Crippen LogP contribution in [0.25, 0.3) is 53.0 Å². The molecule has 0 fully saturated rings. The molecule has 0 atom stereocenters. The highest BCUT2D eigenvalue weighted by atomic mass is 32.1. The molecule has 3 heterocycles. The van der Waals surface area contributed by atoms with Crippen molar-refractivity contribution in [3.8, 4) is 21.8 Å². The fourth-order valence-corrected chi connectivity index (χ4v) is 7.02. The summed E-state index contributed by atoms with van der Waals surface area (Å²) in [7, 11) is 2.15. The molecule has 0 unspecified atom stereocenters. The number of hydrogen-bond donors (Lipinski definition) is 0. The molecule has 3 aromatic heterocycles. The Hall–Kier alpha value is -3.15. The molecule has 0 bridgehead atoms. The standard InChI is InChI=1S/C30H28N3S2/c1-17-21-9-7-8-10-23(21)25(30(3,4)5)16-24(17)26-22-12-11-20(15-19(22)13-14-33(26)6)27-32-29-28(35-27)31-18(2)34-29/h7-16H,1-6H3/q+1. The van der Waals surface area contributed by atoms with Crippen molar-refractivity contribution in [2.45, 2.75) is 40.0 Å². The van der Waals surface area contributed by atoms with Crippen LogP contribution in [-0.2, 0) is 12.5 Å². The van der Waals surface area contributed by atoms with Gasteiger partial charge in [-0.15, -0.1) is 0 Å². The molecule has 0 aliphatic carbocycles. The van der Waals surface area contributed by atoms with E-state index in [2.05, 4.69) is 105 Å². The van der Waals surface area contributed by atoms with E-state index in [0.717, 1.165) is 25.2 Å². The molecular weight excluding hydrogens is 466 g/mol. The molecule has 6 rings (SSSR count). The first kappa shape index (κ1) is 22.3. The third kappa shape index (κ3) is 3.65. The van der Waals surface area contributed by atoms with E-state index in [1.807, 2.05) is 6.92 Å². The first-order valence-corrected chi connectivity index (χ1v) is 13.5. The minimum atomic E-state index is 0.0441. The van der Waals surface area contributed by atoms with Crippen LogP contribution in [0.4, 0.5) is 0 Å². The van der Waals surface area contributed by atoms with Crippen LogP contribution >= 0.6 is 22.7 Å². The van der Waals surface area contributed by atoms with Crippen LogP contribution in [0.1, 0.15) is 36.9 Å². The summed E-state index contributed by atoms with van der Waals surface area (Å²) in [6, 6.07) is 20.2. The predicted molar refractivity (Wildman–Crippen MR) is 151 cm³/mol. The van der Waals surface area contributed by atoms with Crippen LogP contribution in [0.2, 0.25) is 0 Å². The molecule has 0 amide bonds. The lowest BCUT2D eigenvalue weighted by molar-refractivity contribution is -0.659. The SMILES string of the molecule is Cc1nc2sc(-c3ccc4c(-c5cc(C(C)(C)C)c6ccccc6c5C)[n+](C)ccc4c3)nc2s1. The molecule has 0 spiro atoms. The number of pyridine rings is 1. The van der Waals surface area contributed by atoms with Gasteiger partial charge in [-0.2, -0.15) is 0 Å². The zero-order valence-electron chi connectivity index (χ0n) is 20.9. The molecule has 0 N–H and O–H groups in total. The average Bonchev–Trinajstić information content (AvgIpc) is 3.36. The van der Waals surface area contributed by atoms with Gasteiger partial charge in [0.1, 0.15) is 12.1 Å². The summed E-state index contributed by atoms with van der Waals surface area (Å²) in [5, 5.41) is 7.26. The van der Waals surface area contributed by atoms with E-state index in [4.69, 9.17) is 4.98 Å². The lowest BCUT2D eigenvalue weighted by atomic mass is 9.80. The quantitative estimate of drug-likeness (QED) is 0.227. The van der Waals surface area contributed by atoms with Crippen LogP contribution in [0.5, 0.6) is 0 Å². The Balaban J connectivity index is 1.59. The number of benzene rings is 3. The van der Waals surface area contributed by atoms with Crippen LogP contribution in [-0.4, -0.2) is 9.97 Å². The minimum absolute atomic E-state index is 0.0441. The summed E-state index contributed by atoms with van der Waals surface area (Å²) in [6.07, 6.45) is 2.18. The highest BCUT2D eigenvalue weighted by molar-refractivity contribution is 7.28. The first-order valence-electron chi connectivity index (χ1n) is 11.9. The van der Waals surface area contributed by atoms with Gasteiger partial charge in [-0.05, 0) is 64.7 Å². The lowest BCUT2D eigenvalue weighted by Crippen LogP contribution is -2.31. The number of hydrogen-bond acceptors (Lipinski definition) is 4. The van der Waals surface area contributed by atoms with E-state index in [-0.39, 0.29) is 5.41 Å². The highest BCUT2D eigenvalue weighted by Crippen LogP contribution is 2.40. The fraction of sp³-hybridized carbons (Fsp3) is 0.233.